The van der Waals surface area contributed by atoms with Crippen LogP contribution in [0, 0.1) is 3.57 Å². The van der Waals surface area contributed by atoms with E-state index in [0.29, 0.717) is 9.45 Å². The Morgan fingerprint density at radius 2 is 2.00 bits per heavy atom. The SMILES string of the molecule is FC(F)(F)Sc1ccc(CCCCl)cc1I. The van der Waals surface area contributed by atoms with Gasteiger partial charge in [-0.25, -0.2) is 0 Å². The fourth-order valence-electron chi connectivity index (χ4n) is 1.18. The van der Waals surface area contributed by atoms with Crippen molar-refractivity contribution >= 4 is 46.0 Å². The normalized spacial score (nSPS) is 11.8. The molecule has 0 aliphatic rings. The molecule has 0 aliphatic carbocycles. The Balaban J connectivity index is 2.75. The lowest BCUT2D eigenvalue weighted by Gasteiger charge is -2.09. The zero-order valence-electron chi connectivity index (χ0n) is 8.15. The minimum Gasteiger partial charge on any atom is -0.160 e. The van der Waals surface area contributed by atoms with Crippen LogP contribution >= 0.6 is 46.0 Å². The number of hydrogen-bond donors (Lipinski definition) is 0. The van der Waals surface area contributed by atoms with Crippen molar-refractivity contribution in [1.82, 2.24) is 0 Å². The number of benzene rings is 1. The molecular formula is C10H9ClF3IS. The molecule has 0 aromatic heterocycles. The molecule has 6 heteroatoms. The van der Waals surface area contributed by atoms with Gasteiger partial charge >= 0.3 is 5.51 Å². The molecule has 1 aromatic rings. The first kappa shape index (κ1) is 14.4. The largest absolute Gasteiger partial charge is 0.446 e. The summed E-state index contributed by atoms with van der Waals surface area (Å²) < 4.78 is 37.1. The summed E-state index contributed by atoms with van der Waals surface area (Å²) in [7, 11) is 0. The van der Waals surface area contributed by atoms with Gasteiger partial charge in [0, 0.05) is 14.3 Å². The van der Waals surface area contributed by atoms with Gasteiger partial charge in [-0.1, -0.05) is 6.07 Å². The van der Waals surface area contributed by atoms with Crippen LogP contribution in [-0.4, -0.2) is 11.4 Å². The monoisotopic (exact) mass is 380 g/mol. The van der Waals surface area contributed by atoms with Crippen molar-refractivity contribution in [2.24, 2.45) is 0 Å². The number of hydrogen-bond acceptors (Lipinski definition) is 1. The lowest BCUT2D eigenvalue weighted by Crippen LogP contribution is -2.00. The van der Waals surface area contributed by atoms with Crippen LogP contribution in [0.3, 0.4) is 0 Å². The molecule has 0 atom stereocenters. The van der Waals surface area contributed by atoms with Crippen LogP contribution in [0.1, 0.15) is 12.0 Å². The average molecular weight is 381 g/mol. The van der Waals surface area contributed by atoms with Gasteiger partial charge in [0.1, 0.15) is 0 Å². The number of thioether (sulfide) groups is 1. The van der Waals surface area contributed by atoms with Crippen molar-refractivity contribution in [2.45, 2.75) is 23.2 Å². The van der Waals surface area contributed by atoms with Gasteiger partial charge in [-0.15, -0.1) is 11.6 Å². The third-order valence-electron chi connectivity index (χ3n) is 1.82. The zero-order chi connectivity index (χ0) is 12.2. The second-order valence-corrected chi connectivity index (χ2v) is 5.75. The van der Waals surface area contributed by atoms with E-state index in [1.54, 1.807) is 12.1 Å². The average Bonchev–Trinajstić information content (AvgIpc) is 2.17. The van der Waals surface area contributed by atoms with E-state index in [1.807, 2.05) is 22.6 Å². The van der Waals surface area contributed by atoms with E-state index < -0.39 is 5.51 Å². The first-order valence-corrected chi connectivity index (χ1v) is 6.95. The van der Waals surface area contributed by atoms with Gasteiger partial charge in [0.2, 0.25) is 0 Å². The molecule has 90 valence electrons. The minimum atomic E-state index is -4.22. The van der Waals surface area contributed by atoms with Crippen LogP contribution in [0.5, 0.6) is 0 Å². The quantitative estimate of drug-likeness (QED) is 0.399. The summed E-state index contributed by atoms with van der Waals surface area (Å²) in [6.07, 6.45) is 1.64. The Hall–Kier alpha value is 0.380. The molecule has 1 rings (SSSR count). The highest BCUT2D eigenvalue weighted by molar-refractivity contribution is 14.1. The first-order valence-electron chi connectivity index (χ1n) is 4.52. The van der Waals surface area contributed by atoms with Crippen LogP contribution < -0.4 is 0 Å². The lowest BCUT2D eigenvalue weighted by atomic mass is 10.1. The van der Waals surface area contributed by atoms with Crippen molar-refractivity contribution in [3.63, 3.8) is 0 Å². The molecule has 0 fully saturated rings. The molecule has 16 heavy (non-hydrogen) atoms. The van der Waals surface area contributed by atoms with Crippen LogP contribution in [0.2, 0.25) is 0 Å². The summed E-state index contributed by atoms with van der Waals surface area (Å²) in [6.45, 7) is 0. The zero-order valence-corrected chi connectivity index (χ0v) is 11.9. The molecular weight excluding hydrogens is 372 g/mol. The first-order chi connectivity index (χ1) is 7.42. The van der Waals surface area contributed by atoms with E-state index in [1.165, 1.54) is 6.07 Å². The van der Waals surface area contributed by atoms with Crippen molar-refractivity contribution in [3.8, 4) is 0 Å². The molecule has 0 saturated heterocycles. The smallest absolute Gasteiger partial charge is 0.160 e. The van der Waals surface area contributed by atoms with E-state index >= 15 is 0 Å². The van der Waals surface area contributed by atoms with Crippen LogP contribution in [0.4, 0.5) is 13.2 Å². The predicted octanol–water partition coefficient (Wildman–Crippen LogP) is 5.07. The van der Waals surface area contributed by atoms with Gasteiger partial charge in [-0.2, -0.15) is 13.2 Å². The maximum absolute atomic E-state index is 12.2. The van der Waals surface area contributed by atoms with Crippen LogP contribution in [-0.2, 0) is 6.42 Å². The fourth-order valence-corrected chi connectivity index (χ4v) is 2.76. The van der Waals surface area contributed by atoms with Gasteiger partial charge in [0.05, 0.1) is 0 Å². The molecule has 0 radical (unpaired) electrons. The third-order valence-corrected chi connectivity index (χ3v) is 4.15. The summed E-state index contributed by atoms with van der Waals surface area (Å²) in [5, 5.41) is 0. The van der Waals surface area contributed by atoms with Gasteiger partial charge in [0.15, 0.2) is 0 Å². The van der Waals surface area contributed by atoms with Crippen LogP contribution in [0.25, 0.3) is 0 Å². The van der Waals surface area contributed by atoms with Crippen molar-refractivity contribution < 1.29 is 13.2 Å². The maximum Gasteiger partial charge on any atom is 0.446 e. The second kappa shape index (κ2) is 6.35. The lowest BCUT2D eigenvalue weighted by molar-refractivity contribution is -0.0328. The summed E-state index contributed by atoms with van der Waals surface area (Å²) in [6, 6.07) is 5.02. The highest BCUT2D eigenvalue weighted by Gasteiger charge is 2.30. The maximum atomic E-state index is 12.2. The Morgan fingerprint density at radius 3 is 2.50 bits per heavy atom. The van der Waals surface area contributed by atoms with E-state index in [9.17, 15) is 13.2 Å². The Bertz CT molecular complexity index is 354. The molecule has 1 aromatic carbocycles. The predicted molar refractivity (Wildman–Crippen MR) is 70.1 cm³/mol. The Labute approximate surface area is 115 Å². The number of halogens is 5. The number of rotatable bonds is 4. The summed E-state index contributed by atoms with van der Waals surface area (Å²) in [4.78, 5) is 0.253. The van der Waals surface area contributed by atoms with E-state index in [4.69, 9.17) is 11.6 Å². The summed E-state index contributed by atoms with van der Waals surface area (Å²) in [5.74, 6) is 0.565. The molecule has 0 unspecified atom stereocenters. The Kier molecular flexibility index (Phi) is 5.73. The number of alkyl halides is 4. The fraction of sp³-hybridized carbons (Fsp3) is 0.400. The molecule has 0 amide bonds. The van der Waals surface area contributed by atoms with Gasteiger partial charge in [0.25, 0.3) is 0 Å². The standard InChI is InChI=1S/C10H9ClF3IS/c11-5-1-2-7-3-4-9(8(15)6-7)16-10(12,13)14/h3-4,6H,1-2,5H2. The van der Waals surface area contributed by atoms with Crippen molar-refractivity contribution in [1.29, 1.82) is 0 Å². The molecule has 0 N–H and O–H groups in total. The summed E-state index contributed by atoms with van der Waals surface area (Å²) in [5.41, 5.74) is -3.20. The van der Waals surface area contributed by atoms with E-state index in [2.05, 4.69) is 0 Å². The minimum absolute atomic E-state index is 0.0737. The highest BCUT2D eigenvalue weighted by atomic mass is 127. The third kappa shape index (κ3) is 5.14. The summed E-state index contributed by atoms with van der Waals surface area (Å²) >= 11 is 7.41. The highest BCUT2D eigenvalue weighted by Crippen LogP contribution is 2.39. The molecule has 0 nitrogen and oxygen atoms in total. The van der Waals surface area contributed by atoms with Crippen molar-refractivity contribution in [3.05, 3.63) is 27.3 Å². The van der Waals surface area contributed by atoms with E-state index in [0.717, 1.165) is 18.4 Å². The molecule has 0 spiro atoms. The van der Waals surface area contributed by atoms with Crippen molar-refractivity contribution in [2.75, 3.05) is 5.88 Å². The topological polar surface area (TPSA) is 0 Å². The molecule has 0 aliphatic heterocycles. The Morgan fingerprint density at radius 1 is 1.31 bits per heavy atom. The van der Waals surface area contributed by atoms with Gasteiger partial charge in [-0.05, 0) is 64.9 Å². The van der Waals surface area contributed by atoms with E-state index in [-0.39, 0.29) is 16.7 Å². The van der Waals surface area contributed by atoms with Crippen LogP contribution in [0.15, 0.2) is 23.1 Å². The number of aryl methyl sites for hydroxylation is 1. The second-order valence-electron chi connectivity index (χ2n) is 3.11. The molecule has 0 heterocycles. The molecule has 0 saturated carbocycles. The van der Waals surface area contributed by atoms with Gasteiger partial charge in [-0.3, -0.25) is 0 Å². The molecule has 0 bridgehead atoms. The van der Waals surface area contributed by atoms with Gasteiger partial charge < -0.3 is 0 Å².